The third kappa shape index (κ3) is 2.48. The van der Waals surface area contributed by atoms with E-state index in [1.807, 2.05) is 30.3 Å². The topological polar surface area (TPSA) is 44.5 Å². The molecular formula is C17H19NO2. The third-order valence-corrected chi connectivity index (χ3v) is 3.66. The first kappa shape index (κ1) is 13.3. The largest absolute Gasteiger partial charge is 0.345 e. The Balaban J connectivity index is 1.89. The minimum atomic E-state index is -0.770. The molecule has 0 spiro atoms. The molecule has 2 aromatic carbocycles. The van der Waals surface area contributed by atoms with Crippen molar-refractivity contribution in [3.05, 3.63) is 60.2 Å². The summed E-state index contributed by atoms with van der Waals surface area (Å²) < 4.78 is 11.6. The maximum atomic E-state index is 5.87. The average molecular weight is 269 g/mol. The normalized spacial score (nSPS) is 17.9. The molecule has 3 heteroatoms. The van der Waals surface area contributed by atoms with E-state index < -0.39 is 5.79 Å². The van der Waals surface area contributed by atoms with Gasteiger partial charge >= 0.3 is 0 Å². The van der Waals surface area contributed by atoms with Crippen molar-refractivity contribution in [3.8, 4) is 11.1 Å². The zero-order valence-corrected chi connectivity index (χ0v) is 11.4. The van der Waals surface area contributed by atoms with Crippen LogP contribution in [0.3, 0.4) is 0 Å². The summed E-state index contributed by atoms with van der Waals surface area (Å²) in [7, 11) is 0. The van der Waals surface area contributed by atoms with Gasteiger partial charge in [-0.3, -0.25) is 0 Å². The van der Waals surface area contributed by atoms with Gasteiger partial charge in [0, 0.05) is 5.56 Å². The van der Waals surface area contributed by atoms with Crippen LogP contribution in [-0.2, 0) is 15.3 Å². The molecule has 1 aliphatic heterocycles. The molecule has 1 saturated heterocycles. The molecule has 0 aliphatic carbocycles. The van der Waals surface area contributed by atoms with Crippen molar-refractivity contribution >= 4 is 0 Å². The molecule has 1 heterocycles. The molecule has 1 fully saturated rings. The quantitative estimate of drug-likeness (QED) is 0.931. The van der Waals surface area contributed by atoms with Crippen LogP contribution in [0.2, 0.25) is 0 Å². The van der Waals surface area contributed by atoms with Gasteiger partial charge in [-0.05, 0) is 17.5 Å². The lowest BCUT2D eigenvalue weighted by Crippen LogP contribution is -2.44. The second-order valence-electron chi connectivity index (χ2n) is 4.95. The second-order valence-corrected chi connectivity index (χ2v) is 4.95. The zero-order valence-electron chi connectivity index (χ0n) is 11.4. The Labute approximate surface area is 119 Å². The summed E-state index contributed by atoms with van der Waals surface area (Å²) in [5, 5.41) is 0. The van der Waals surface area contributed by atoms with Crippen molar-refractivity contribution in [1.29, 1.82) is 0 Å². The van der Waals surface area contributed by atoms with Crippen LogP contribution >= 0.6 is 0 Å². The smallest absolute Gasteiger partial charge is 0.207 e. The summed E-state index contributed by atoms with van der Waals surface area (Å²) in [6.07, 6.45) is 0.920. The number of benzene rings is 2. The first-order chi connectivity index (χ1) is 9.84. The molecule has 2 aromatic rings. The van der Waals surface area contributed by atoms with Gasteiger partial charge in [0.15, 0.2) is 0 Å². The molecule has 3 rings (SSSR count). The van der Waals surface area contributed by atoms with Crippen LogP contribution in [0, 0.1) is 0 Å². The van der Waals surface area contributed by atoms with Crippen molar-refractivity contribution in [1.82, 2.24) is 0 Å². The number of nitrogens with two attached hydrogens (primary N) is 1. The molecule has 0 amide bonds. The Hall–Kier alpha value is -1.68. The van der Waals surface area contributed by atoms with E-state index in [0.717, 1.165) is 12.0 Å². The highest BCUT2D eigenvalue weighted by atomic mass is 16.7. The Bertz CT molecular complexity index is 545. The predicted octanol–water partition coefficient (Wildman–Crippen LogP) is 2.90. The van der Waals surface area contributed by atoms with Crippen LogP contribution in [-0.4, -0.2) is 19.8 Å². The highest BCUT2D eigenvalue weighted by Crippen LogP contribution is 2.31. The Morgan fingerprint density at radius 1 is 0.850 bits per heavy atom. The van der Waals surface area contributed by atoms with E-state index in [2.05, 4.69) is 24.3 Å². The molecule has 3 nitrogen and oxygen atoms in total. The van der Waals surface area contributed by atoms with E-state index in [1.54, 1.807) is 0 Å². The molecule has 2 N–H and O–H groups in total. The predicted molar refractivity (Wildman–Crippen MR) is 79.1 cm³/mol. The Kier molecular flexibility index (Phi) is 3.83. The van der Waals surface area contributed by atoms with Crippen molar-refractivity contribution < 1.29 is 9.47 Å². The SMILES string of the molecule is NCC1(c2ccc(-c3ccccc3)cc2)OCCCO1. The van der Waals surface area contributed by atoms with Crippen LogP contribution in [0.4, 0.5) is 0 Å². The minimum Gasteiger partial charge on any atom is -0.345 e. The highest BCUT2D eigenvalue weighted by Gasteiger charge is 2.35. The van der Waals surface area contributed by atoms with Crippen LogP contribution in [0.15, 0.2) is 54.6 Å². The summed E-state index contributed by atoms with van der Waals surface area (Å²) in [6.45, 7) is 1.72. The van der Waals surface area contributed by atoms with Crippen molar-refractivity contribution in [2.75, 3.05) is 19.8 Å². The third-order valence-electron chi connectivity index (χ3n) is 3.66. The number of hydrogen-bond acceptors (Lipinski definition) is 3. The molecule has 0 bridgehead atoms. The summed E-state index contributed by atoms with van der Waals surface area (Å²) in [6, 6.07) is 18.6. The van der Waals surface area contributed by atoms with E-state index >= 15 is 0 Å². The lowest BCUT2D eigenvalue weighted by atomic mass is 9.99. The van der Waals surface area contributed by atoms with Gasteiger partial charge < -0.3 is 15.2 Å². The summed E-state index contributed by atoms with van der Waals surface area (Å²) in [5.74, 6) is -0.770. The standard InChI is InChI=1S/C17H19NO2/c18-13-17(19-11-4-12-20-17)16-9-7-15(8-10-16)14-5-2-1-3-6-14/h1-3,5-10H,4,11-13,18H2. The molecule has 0 radical (unpaired) electrons. The number of rotatable bonds is 3. The Morgan fingerprint density at radius 2 is 1.45 bits per heavy atom. The minimum absolute atomic E-state index is 0.331. The first-order valence-electron chi connectivity index (χ1n) is 6.98. The van der Waals surface area contributed by atoms with Gasteiger partial charge in [-0.1, -0.05) is 54.6 Å². The van der Waals surface area contributed by atoms with Crippen LogP contribution in [0.5, 0.6) is 0 Å². The highest BCUT2D eigenvalue weighted by molar-refractivity contribution is 5.63. The lowest BCUT2D eigenvalue weighted by molar-refractivity contribution is -0.269. The molecule has 1 aliphatic rings. The summed E-state index contributed by atoms with van der Waals surface area (Å²) in [4.78, 5) is 0. The number of ether oxygens (including phenoxy) is 2. The van der Waals surface area contributed by atoms with Gasteiger partial charge in [-0.15, -0.1) is 0 Å². The van der Waals surface area contributed by atoms with Gasteiger partial charge in [-0.25, -0.2) is 0 Å². The Morgan fingerprint density at radius 3 is 2.05 bits per heavy atom. The average Bonchev–Trinajstić information content (AvgIpc) is 2.56. The summed E-state index contributed by atoms with van der Waals surface area (Å²) >= 11 is 0. The lowest BCUT2D eigenvalue weighted by Gasteiger charge is -2.36. The van der Waals surface area contributed by atoms with Gasteiger partial charge in [-0.2, -0.15) is 0 Å². The van der Waals surface area contributed by atoms with Crippen LogP contribution in [0.25, 0.3) is 11.1 Å². The van der Waals surface area contributed by atoms with Crippen LogP contribution in [0.1, 0.15) is 12.0 Å². The molecule has 0 aromatic heterocycles. The fourth-order valence-electron chi connectivity index (χ4n) is 2.52. The molecule has 104 valence electrons. The number of hydrogen-bond donors (Lipinski definition) is 1. The van der Waals surface area contributed by atoms with Gasteiger partial charge in [0.25, 0.3) is 0 Å². The molecule has 20 heavy (non-hydrogen) atoms. The van der Waals surface area contributed by atoms with E-state index in [0.29, 0.717) is 19.8 Å². The molecular weight excluding hydrogens is 250 g/mol. The maximum Gasteiger partial charge on any atom is 0.207 e. The molecule has 0 atom stereocenters. The summed E-state index contributed by atoms with van der Waals surface area (Å²) in [5.41, 5.74) is 9.23. The van der Waals surface area contributed by atoms with Crippen LogP contribution < -0.4 is 5.73 Å². The fourth-order valence-corrected chi connectivity index (χ4v) is 2.52. The van der Waals surface area contributed by atoms with E-state index in [-0.39, 0.29) is 0 Å². The van der Waals surface area contributed by atoms with Crippen molar-refractivity contribution in [3.63, 3.8) is 0 Å². The second kappa shape index (κ2) is 5.75. The van der Waals surface area contributed by atoms with Crippen molar-refractivity contribution in [2.45, 2.75) is 12.2 Å². The fraction of sp³-hybridized carbons (Fsp3) is 0.294. The maximum absolute atomic E-state index is 5.87. The first-order valence-corrected chi connectivity index (χ1v) is 6.98. The van der Waals surface area contributed by atoms with E-state index in [1.165, 1.54) is 11.1 Å². The van der Waals surface area contributed by atoms with Gasteiger partial charge in [0.05, 0.1) is 19.8 Å². The van der Waals surface area contributed by atoms with E-state index in [9.17, 15) is 0 Å². The van der Waals surface area contributed by atoms with Gasteiger partial charge in [0.1, 0.15) is 0 Å². The molecule has 0 saturated carbocycles. The van der Waals surface area contributed by atoms with Gasteiger partial charge in [0.2, 0.25) is 5.79 Å². The zero-order chi connectivity index (χ0) is 13.8. The monoisotopic (exact) mass is 269 g/mol. The van der Waals surface area contributed by atoms with Crippen molar-refractivity contribution in [2.24, 2.45) is 5.73 Å². The molecule has 0 unspecified atom stereocenters. The van der Waals surface area contributed by atoms with E-state index in [4.69, 9.17) is 15.2 Å².